The molecule has 1 aliphatic carbocycles. The zero-order chi connectivity index (χ0) is 17.9. The lowest BCUT2D eigenvalue weighted by Crippen LogP contribution is -2.21. The summed E-state index contributed by atoms with van der Waals surface area (Å²) >= 11 is 1.44. The van der Waals surface area contributed by atoms with Gasteiger partial charge in [0.2, 0.25) is 0 Å². The fourth-order valence-electron chi connectivity index (χ4n) is 3.40. The number of benzene rings is 1. The van der Waals surface area contributed by atoms with E-state index in [2.05, 4.69) is 15.3 Å². The van der Waals surface area contributed by atoms with E-state index in [1.165, 1.54) is 48.8 Å². The van der Waals surface area contributed by atoms with Gasteiger partial charge in [0.1, 0.15) is 11.6 Å². The molecule has 4 rings (SSSR count). The maximum absolute atomic E-state index is 14.4. The van der Waals surface area contributed by atoms with Crippen molar-refractivity contribution in [2.45, 2.75) is 38.1 Å². The van der Waals surface area contributed by atoms with Crippen LogP contribution in [0.1, 0.15) is 32.1 Å². The zero-order valence-corrected chi connectivity index (χ0v) is 15.0. The maximum Gasteiger partial charge on any atom is 0.184 e. The molecule has 2 aromatic heterocycles. The molecule has 134 valence electrons. The molecule has 3 nitrogen and oxygen atoms in total. The summed E-state index contributed by atoms with van der Waals surface area (Å²) in [6.45, 7) is 0. The van der Waals surface area contributed by atoms with Crippen LogP contribution in [0.25, 0.3) is 21.7 Å². The molecular weight excluding hydrogens is 352 g/mol. The van der Waals surface area contributed by atoms with Crippen LogP contribution in [-0.2, 0) is 0 Å². The third kappa shape index (κ3) is 3.46. The fourth-order valence-corrected chi connectivity index (χ4v) is 4.45. The lowest BCUT2D eigenvalue weighted by molar-refractivity contribution is 0.462. The first-order chi connectivity index (χ1) is 12.7. The van der Waals surface area contributed by atoms with E-state index in [0.717, 1.165) is 23.3 Å². The molecule has 1 aliphatic rings. The number of aromatic nitrogens is 2. The van der Waals surface area contributed by atoms with Crippen molar-refractivity contribution in [2.24, 2.45) is 0 Å². The number of nitrogens with zero attached hydrogens (tertiary/aromatic N) is 2. The molecular formula is C20H19F2N3S. The number of pyridine rings is 1. The summed E-state index contributed by atoms with van der Waals surface area (Å²) in [5, 5.41) is 4.18. The van der Waals surface area contributed by atoms with Crippen LogP contribution in [0.3, 0.4) is 0 Å². The van der Waals surface area contributed by atoms with Crippen LogP contribution in [0, 0.1) is 11.6 Å². The Hall–Kier alpha value is -2.34. The third-order valence-corrected chi connectivity index (χ3v) is 5.74. The van der Waals surface area contributed by atoms with Crippen molar-refractivity contribution in [3.8, 4) is 21.7 Å². The summed E-state index contributed by atoms with van der Waals surface area (Å²) in [6.07, 6.45) is 9.23. The molecule has 0 unspecified atom stereocenters. The second kappa shape index (κ2) is 7.50. The lowest BCUT2D eigenvalue weighted by atomic mass is 9.96. The molecule has 26 heavy (non-hydrogen) atoms. The van der Waals surface area contributed by atoms with E-state index < -0.39 is 11.6 Å². The van der Waals surface area contributed by atoms with E-state index in [-0.39, 0.29) is 5.56 Å². The van der Waals surface area contributed by atoms with Crippen molar-refractivity contribution in [1.29, 1.82) is 0 Å². The van der Waals surface area contributed by atoms with Gasteiger partial charge in [-0.15, -0.1) is 0 Å². The Labute approximate surface area is 155 Å². The van der Waals surface area contributed by atoms with Gasteiger partial charge < -0.3 is 5.32 Å². The Morgan fingerprint density at radius 3 is 2.35 bits per heavy atom. The van der Waals surface area contributed by atoms with Crippen LogP contribution in [0.4, 0.5) is 13.9 Å². The Balaban J connectivity index is 1.78. The second-order valence-electron chi connectivity index (χ2n) is 6.51. The molecule has 0 radical (unpaired) electrons. The number of thiazole rings is 1. The maximum atomic E-state index is 14.4. The molecule has 3 aromatic rings. The predicted octanol–water partition coefficient (Wildman–Crippen LogP) is 5.89. The van der Waals surface area contributed by atoms with Gasteiger partial charge in [0.05, 0.1) is 16.1 Å². The van der Waals surface area contributed by atoms with Gasteiger partial charge in [-0.1, -0.05) is 36.7 Å². The minimum Gasteiger partial charge on any atom is -0.359 e. The van der Waals surface area contributed by atoms with Crippen molar-refractivity contribution in [3.05, 3.63) is 54.4 Å². The molecule has 0 amide bonds. The van der Waals surface area contributed by atoms with Gasteiger partial charge in [-0.2, -0.15) is 0 Å². The van der Waals surface area contributed by atoms with E-state index in [1.807, 2.05) is 12.1 Å². The molecule has 0 saturated heterocycles. The normalized spacial score (nSPS) is 15.2. The highest BCUT2D eigenvalue weighted by atomic mass is 32.1. The van der Waals surface area contributed by atoms with Crippen molar-refractivity contribution in [2.75, 3.05) is 5.32 Å². The van der Waals surface area contributed by atoms with Crippen LogP contribution >= 0.6 is 11.3 Å². The predicted molar refractivity (Wildman–Crippen MR) is 101 cm³/mol. The van der Waals surface area contributed by atoms with Gasteiger partial charge in [0.25, 0.3) is 0 Å². The minimum atomic E-state index is -0.602. The molecule has 0 atom stereocenters. The number of anilines is 1. The topological polar surface area (TPSA) is 37.8 Å². The van der Waals surface area contributed by atoms with E-state index in [0.29, 0.717) is 16.9 Å². The monoisotopic (exact) mass is 371 g/mol. The quantitative estimate of drug-likeness (QED) is 0.621. The van der Waals surface area contributed by atoms with Crippen LogP contribution in [0.15, 0.2) is 42.7 Å². The number of hydrogen-bond acceptors (Lipinski definition) is 4. The molecule has 1 aromatic carbocycles. The van der Waals surface area contributed by atoms with Crippen LogP contribution < -0.4 is 5.32 Å². The van der Waals surface area contributed by atoms with Crippen LogP contribution in [0.5, 0.6) is 0 Å². The molecule has 0 aliphatic heterocycles. The largest absolute Gasteiger partial charge is 0.359 e. The Bertz CT molecular complexity index is 869. The summed E-state index contributed by atoms with van der Waals surface area (Å²) in [4.78, 5) is 9.35. The minimum absolute atomic E-state index is 0.0766. The Morgan fingerprint density at radius 1 is 0.962 bits per heavy atom. The average molecular weight is 371 g/mol. The Kier molecular flexibility index (Phi) is 4.93. The summed E-state index contributed by atoms with van der Waals surface area (Å²) < 4.78 is 28.8. The van der Waals surface area contributed by atoms with Crippen molar-refractivity contribution in [1.82, 2.24) is 9.97 Å². The summed E-state index contributed by atoms with van der Waals surface area (Å²) in [5.41, 5.74) is 1.12. The van der Waals surface area contributed by atoms with E-state index in [9.17, 15) is 8.78 Å². The molecule has 1 fully saturated rings. The smallest absolute Gasteiger partial charge is 0.184 e. The molecule has 2 heterocycles. The fraction of sp³-hybridized carbons (Fsp3) is 0.300. The van der Waals surface area contributed by atoms with Crippen molar-refractivity contribution >= 4 is 16.5 Å². The van der Waals surface area contributed by atoms with E-state index in [1.54, 1.807) is 12.4 Å². The van der Waals surface area contributed by atoms with E-state index in [4.69, 9.17) is 0 Å². The highest BCUT2D eigenvalue weighted by molar-refractivity contribution is 7.19. The molecule has 1 saturated carbocycles. The number of hydrogen-bond donors (Lipinski definition) is 1. The first kappa shape index (κ1) is 17.1. The Morgan fingerprint density at radius 2 is 1.65 bits per heavy atom. The third-order valence-electron chi connectivity index (χ3n) is 4.70. The van der Waals surface area contributed by atoms with Crippen LogP contribution in [0.2, 0.25) is 0 Å². The molecule has 6 heteroatoms. The lowest BCUT2D eigenvalue weighted by Gasteiger charge is -2.22. The van der Waals surface area contributed by atoms with Gasteiger partial charge in [-0.05, 0) is 42.7 Å². The standard InChI is InChI=1S/C20H19F2N3S/c21-15-7-4-8-16(22)17(15)18-19(13-9-11-23-12-10-13)26-20(25-18)24-14-5-2-1-3-6-14/h4,7-12,14H,1-3,5-6H2,(H,24,25). The zero-order valence-electron chi connectivity index (χ0n) is 14.2. The number of nitrogens with one attached hydrogen (secondary N) is 1. The summed E-state index contributed by atoms with van der Waals surface area (Å²) in [5.74, 6) is -1.20. The van der Waals surface area contributed by atoms with Crippen LogP contribution in [-0.4, -0.2) is 16.0 Å². The molecule has 0 spiro atoms. The van der Waals surface area contributed by atoms with Gasteiger partial charge in [-0.25, -0.2) is 13.8 Å². The van der Waals surface area contributed by atoms with Gasteiger partial charge in [0.15, 0.2) is 5.13 Å². The summed E-state index contributed by atoms with van der Waals surface area (Å²) in [6, 6.07) is 7.94. The molecule has 1 N–H and O–H groups in total. The number of rotatable bonds is 4. The van der Waals surface area contributed by atoms with Crippen molar-refractivity contribution < 1.29 is 8.78 Å². The highest BCUT2D eigenvalue weighted by Gasteiger charge is 2.22. The molecule has 0 bridgehead atoms. The van der Waals surface area contributed by atoms with E-state index >= 15 is 0 Å². The summed E-state index contributed by atoms with van der Waals surface area (Å²) in [7, 11) is 0. The van der Waals surface area contributed by atoms with Gasteiger partial charge in [0, 0.05) is 18.4 Å². The van der Waals surface area contributed by atoms with Crippen molar-refractivity contribution in [3.63, 3.8) is 0 Å². The highest BCUT2D eigenvalue weighted by Crippen LogP contribution is 2.41. The first-order valence-corrected chi connectivity index (χ1v) is 9.66. The SMILES string of the molecule is Fc1cccc(F)c1-c1nc(NC2CCCCC2)sc1-c1ccncc1. The first-order valence-electron chi connectivity index (χ1n) is 8.84. The number of halogens is 2. The van der Waals surface area contributed by atoms with Gasteiger partial charge >= 0.3 is 0 Å². The van der Waals surface area contributed by atoms with Gasteiger partial charge in [-0.3, -0.25) is 4.98 Å². The second-order valence-corrected chi connectivity index (χ2v) is 7.51. The average Bonchev–Trinajstić information content (AvgIpc) is 3.06.